The normalized spacial score (nSPS) is 9.56. The maximum Gasteiger partial charge on any atom is 0.213 e. The second kappa shape index (κ2) is 5.64. The zero-order chi connectivity index (χ0) is 12.8. The fraction of sp³-hybridized carbons (Fsp3) is 0.154. The Morgan fingerprint density at radius 2 is 2.28 bits per heavy atom. The largest absolute Gasteiger partial charge is 0.481 e. The summed E-state index contributed by atoms with van der Waals surface area (Å²) >= 11 is 0. The number of pyridine rings is 2. The van der Waals surface area contributed by atoms with E-state index in [4.69, 9.17) is 10.00 Å². The Balaban J connectivity index is 2.04. The number of ether oxygens (including phenoxy) is 1. The molecule has 2 aromatic heterocycles. The highest BCUT2D eigenvalue weighted by atomic mass is 16.5. The van der Waals surface area contributed by atoms with Crippen molar-refractivity contribution in [2.24, 2.45) is 0 Å². The third-order valence-electron chi connectivity index (χ3n) is 2.35. The quantitative estimate of drug-likeness (QED) is 0.884. The van der Waals surface area contributed by atoms with E-state index < -0.39 is 0 Å². The number of nitriles is 1. The summed E-state index contributed by atoms with van der Waals surface area (Å²) in [5.41, 5.74) is 1.43. The van der Waals surface area contributed by atoms with Crippen LogP contribution in [0.2, 0.25) is 0 Å². The van der Waals surface area contributed by atoms with Crippen LogP contribution >= 0.6 is 0 Å². The zero-order valence-electron chi connectivity index (χ0n) is 9.92. The molecule has 18 heavy (non-hydrogen) atoms. The first-order valence-corrected chi connectivity index (χ1v) is 5.42. The van der Waals surface area contributed by atoms with Crippen molar-refractivity contribution in [3.63, 3.8) is 0 Å². The molecular weight excluding hydrogens is 228 g/mol. The number of nitrogens with one attached hydrogen (secondary N) is 1. The van der Waals surface area contributed by atoms with Crippen molar-refractivity contribution in [3.05, 3.63) is 47.8 Å². The minimum Gasteiger partial charge on any atom is -0.481 e. The van der Waals surface area contributed by atoms with Gasteiger partial charge in [0.2, 0.25) is 5.88 Å². The summed E-state index contributed by atoms with van der Waals surface area (Å²) in [4.78, 5) is 8.16. The van der Waals surface area contributed by atoms with Crippen molar-refractivity contribution in [1.82, 2.24) is 9.97 Å². The summed E-state index contributed by atoms with van der Waals surface area (Å²) in [6, 6.07) is 11.0. The molecule has 0 spiro atoms. The first-order valence-electron chi connectivity index (χ1n) is 5.42. The van der Waals surface area contributed by atoms with Gasteiger partial charge in [-0.1, -0.05) is 6.07 Å². The summed E-state index contributed by atoms with van der Waals surface area (Å²) in [5.74, 6) is 1.25. The Bertz CT molecular complexity index is 577. The number of rotatable bonds is 4. The van der Waals surface area contributed by atoms with Gasteiger partial charge in [0.15, 0.2) is 0 Å². The molecule has 2 aromatic rings. The summed E-state index contributed by atoms with van der Waals surface area (Å²) in [6.45, 7) is 0.598. The van der Waals surface area contributed by atoms with Crippen LogP contribution in [-0.2, 0) is 6.54 Å². The predicted molar refractivity (Wildman–Crippen MR) is 67.1 cm³/mol. The van der Waals surface area contributed by atoms with Gasteiger partial charge in [0.05, 0.1) is 7.11 Å². The lowest BCUT2D eigenvalue weighted by molar-refractivity contribution is 0.397. The van der Waals surface area contributed by atoms with E-state index >= 15 is 0 Å². The van der Waals surface area contributed by atoms with E-state index in [1.54, 1.807) is 25.4 Å². The molecule has 0 amide bonds. The standard InChI is InChI=1S/C13H12N4O/c1-18-13-7-10(5-6-15-13)9-16-12-4-2-3-11(8-14)17-12/h2-7H,9H2,1H3,(H,16,17). The number of hydrogen-bond acceptors (Lipinski definition) is 5. The second-order valence-electron chi connectivity index (χ2n) is 3.58. The number of nitrogens with zero attached hydrogens (tertiary/aromatic N) is 3. The number of aromatic nitrogens is 2. The molecule has 0 aliphatic rings. The molecule has 0 bridgehead atoms. The van der Waals surface area contributed by atoms with Crippen LogP contribution < -0.4 is 10.1 Å². The lowest BCUT2D eigenvalue weighted by atomic mass is 10.2. The van der Waals surface area contributed by atoms with Gasteiger partial charge in [-0.3, -0.25) is 0 Å². The SMILES string of the molecule is COc1cc(CNc2cccc(C#N)n2)ccn1. The minimum absolute atomic E-state index is 0.396. The molecule has 2 rings (SSSR count). The maximum absolute atomic E-state index is 8.75. The molecule has 0 radical (unpaired) electrons. The van der Waals surface area contributed by atoms with E-state index in [-0.39, 0.29) is 0 Å². The van der Waals surface area contributed by atoms with E-state index in [9.17, 15) is 0 Å². The molecule has 0 saturated carbocycles. The van der Waals surface area contributed by atoms with E-state index in [2.05, 4.69) is 15.3 Å². The fourth-order valence-corrected chi connectivity index (χ4v) is 1.46. The van der Waals surface area contributed by atoms with Crippen LogP contribution in [0.4, 0.5) is 5.82 Å². The van der Waals surface area contributed by atoms with Crippen molar-refractivity contribution < 1.29 is 4.74 Å². The van der Waals surface area contributed by atoms with Gasteiger partial charge in [-0.05, 0) is 23.8 Å². The lowest BCUT2D eigenvalue weighted by Gasteiger charge is -2.06. The monoisotopic (exact) mass is 240 g/mol. The van der Waals surface area contributed by atoms with Crippen LogP contribution in [0.25, 0.3) is 0 Å². The summed E-state index contributed by atoms with van der Waals surface area (Å²) in [5, 5.41) is 11.9. The molecule has 0 aromatic carbocycles. The molecule has 1 N–H and O–H groups in total. The van der Waals surface area contributed by atoms with Crippen molar-refractivity contribution >= 4 is 5.82 Å². The van der Waals surface area contributed by atoms with Gasteiger partial charge >= 0.3 is 0 Å². The average molecular weight is 240 g/mol. The van der Waals surface area contributed by atoms with Gasteiger partial charge in [-0.15, -0.1) is 0 Å². The number of hydrogen-bond donors (Lipinski definition) is 1. The zero-order valence-corrected chi connectivity index (χ0v) is 9.92. The number of methoxy groups -OCH3 is 1. The molecular formula is C13H12N4O. The van der Waals surface area contributed by atoms with Crippen LogP contribution in [0.3, 0.4) is 0 Å². The van der Waals surface area contributed by atoms with Gasteiger partial charge in [-0.25, -0.2) is 9.97 Å². The third-order valence-corrected chi connectivity index (χ3v) is 2.35. The highest BCUT2D eigenvalue weighted by Crippen LogP contribution is 2.11. The topological polar surface area (TPSA) is 70.8 Å². The van der Waals surface area contributed by atoms with Crippen LogP contribution in [0.1, 0.15) is 11.3 Å². The molecule has 5 heteroatoms. The van der Waals surface area contributed by atoms with Crippen LogP contribution in [0, 0.1) is 11.3 Å². The first-order chi connectivity index (χ1) is 8.81. The Morgan fingerprint density at radius 3 is 3.06 bits per heavy atom. The number of anilines is 1. The highest BCUT2D eigenvalue weighted by molar-refractivity contribution is 5.39. The molecule has 0 atom stereocenters. The van der Waals surface area contributed by atoms with Crippen molar-refractivity contribution in [1.29, 1.82) is 5.26 Å². The molecule has 5 nitrogen and oxygen atoms in total. The molecule has 0 aliphatic carbocycles. The summed E-state index contributed by atoms with van der Waals surface area (Å²) < 4.78 is 5.05. The van der Waals surface area contributed by atoms with Crippen LogP contribution in [0.5, 0.6) is 5.88 Å². The Labute approximate surface area is 105 Å². The van der Waals surface area contributed by atoms with Gasteiger partial charge < -0.3 is 10.1 Å². The predicted octanol–water partition coefficient (Wildman–Crippen LogP) is 1.97. The molecule has 0 saturated heterocycles. The van der Waals surface area contributed by atoms with E-state index in [0.717, 1.165) is 5.56 Å². The third kappa shape index (κ3) is 2.95. The molecule has 2 heterocycles. The molecule has 0 fully saturated rings. The van der Waals surface area contributed by atoms with Crippen molar-refractivity contribution in [2.75, 3.05) is 12.4 Å². The van der Waals surface area contributed by atoms with Gasteiger partial charge in [0, 0.05) is 18.8 Å². The Morgan fingerprint density at radius 1 is 1.39 bits per heavy atom. The van der Waals surface area contributed by atoms with E-state index in [1.165, 1.54) is 0 Å². The van der Waals surface area contributed by atoms with Crippen molar-refractivity contribution in [3.8, 4) is 11.9 Å². The lowest BCUT2D eigenvalue weighted by Crippen LogP contribution is -2.02. The van der Waals surface area contributed by atoms with Gasteiger partial charge in [-0.2, -0.15) is 5.26 Å². The maximum atomic E-state index is 8.75. The smallest absolute Gasteiger partial charge is 0.213 e. The Hall–Kier alpha value is -2.61. The van der Waals surface area contributed by atoms with Crippen molar-refractivity contribution in [2.45, 2.75) is 6.54 Å². The summed E-state index contributed by atoms with van der Waals surface area (Å²) in [6.07, 6.45) is 1.69. The van der Waals surface area contributed by atoms with E-state index in [0.29, 0.717) is 23.9 Å². The highest BCUT2D eigenvalue weighted by Gasteiger charge is 1.99. The van der Waals surface area contributed by atoms with Gasteiger partial charge in [0.25, 0.3) is 0 Å². The van der Waals surface area contributed by atoms with E-state index in [1.807, 2.05) is 24.3 Å². The van der Waals surface area contributed by atoms with Crippen LogP contribution in [0.15, 0.2) is 36.5 Å². The Kier molecular flexibility index (Phi) is 3.72. The fourth-order valence-electron chi connectivity index (χ4n) is 1.46. The van der Waals surface area contributed by atoms with Crippen LogP contribution in [-0.4, -0.2) is 17.1 Å². The first kappa shape index (κ1) is 11.9. The minimum atomic E-state index is 0.396. The second-order valence-corrected chi connectivity index (χ2v) is 3.58. The summed E-state index contributed by atoms with van der Waals surface area (Å²) in [7, 11) is 1.58. The molecule has 0 aliphatic heterocycles. The average Bonchev–Trinajstić information content (AvgIpc) is 2.45. The van der Waals surface area contributed by atoms with Gasteiger partial charge in [0.1, 0.15) is 17.6 Å². The molecule has 90 valence electrons. The molecule has 0 unspecified atom stereocenters.